The lowest BCUT2D eigenvalue weighted by atomic mass is 9.98. The number of hydrogen-bond acceptors (Lipinski definition) is 4. The number of aromatic amines is 1. The number of nitrogens with one attached hydrogen (secondary N) is 2. The Balaban J connectivity index is 1.43. The molecule has 6 nitrogen and oxygen atoms in total. The van der Waals surface area contributed by atoms with Gasteiger partial charge in [-0.25, -0.2) is 0 Å². The van der Waals surface area contributed by atoms with E-state index in [1.54, 1.807) is 7.11 Å². The first-order chi connectivity index (χ1) is 15.1. The molecule has 0 aliphatic carbocycles. The minimum atomic E-state index is 0.225. The number of nitrogens with zero attached hydrogens (tertiary/aromatic N) is 2. The fraction of sp³-hybridized carbons (Fsp3) is 0.640. The third kappa shape index (κ3) is 5.60. The monoisotopic (exact) mass is 426 g/mol. The van der Waals surface area contributed by atoms with Crippen molar-refractivity contribution in [1.29, 1.82) is 0 Å². The topological polar surface area (TPSA) is 60.6 Å². The van der Waals surface area contributed by atoms with Crippen molar-refractivity contribution in [3.63, 3.8) is 0 Å². The highest BCUT2D eigenvalue weighted by molar-refractivity contribution is 5.85. The fourth-order valence-electron chi connectivity index (χ4n) is 5.19. The van der Waals surface area contributed by atoms with Crippen molar-refractivity contribution in [3.05, 3.63) is 29.5 Å². The average molecular weight is 427 g/mol. The zero-order chi connectivity index (χ0) is 21.6. The van der Waals surface area contributed by atoms with Crippen molar-refractivity contribution in [2.45, 2.75) is 64.5 Å². The van der Waals surface area contributed by atoms with E-state index in [1.807, 2.05) is 6.07 Å². The fourth-order valence-corrected chi connectivity index (χ4v) is 5.19. The minimum absolute atomic E-state index is 0.225. The van der Waals surface area contributed by atoms with E-state index < -0.39 is 0 Å². The first kappa shape index (κ1) is 22.2. The summed E-state index contributed by atoms with van der Waals surface area (Å²) in [5.74, 6) is 1.12. The Kier molecular flexibility index (Phi) is 7.51. The molecule has 0 spiro atoms. The van der Waals surface area contributed by atoms with Crippen molar-refractivity contribution >= 4 is 16.8 Å². The number of ether oxygens (including phenoxy) is 1. The molecule has 1 aromatic carbocycles. The van der Waals surface area contributed by atoms with E-state index in [4.69, 9.17) is 4.74 Å². The van der Waals surface area contributed by atoms with Crippen molar-refractivity contribution < 1.29 is 9.53 Å². The molecular formula is C25H38N4O2. The molecular weight excluding hydrogens is 388 g/mol. The molecule has 1 atom stereocenters. The maximum absolute atomic E-state index is 12.4. The quantitative estimate of drug-likeness (QED) is 0.783. The van der Waals surface area contributed by atoms with E-state index in [-0.39, 0.29) is 5.91 Å². The van der Waals surface area contributed by atoms with E-state index in [0.29, 0.717) is 12.5 Å². The van der Waals surface area contributed by atoms with Crippen LogP contribution in [-0.4, -0.2) is 66.6 Å². The van der Waals surface area contributed by atoms with Gasteiger partial charge >= 0.3 is 0 Å². The molecule has 2 aromatic rings. The molecule has 2 N–H and O–H groups in total. The summed E-state index contributed by atoms with van der Waals surface area (Å²) < 4.78 is 5.41. The van der Waals surface area contributed by atoms with Gasteiger partial charge in [-0.05, 0) is 82.4 Å². The van der Waals surface area contributed by atoms with Gasteiger partial charge in [-0.1, -0.05) is 6.42 Å². The van der Waals surface area contributed by atoms with Crippen LogP contribution in [0.3, 0.4) is 0 Å². The lowest BCUT2D eigenvalue weighted by Crippen LogP contribution is -2.43. The van der Waals surface area contributed by atoms with Crippen LogP contribution in [0.15, 0.2) is 18.2 Å². The largest absolute Gasteiger partial charge is 0.497 e. The van der Waals surface area contributed by atoms with Crippen LogP contribution in [0.2, 0.25) is 0 Å². The molecule has 0 saturated carbocycles. The Hall–Kier alpha value is -2.05. The Morgan fingerprint density at radius 2 is 1.84 bits per heavy atom. The standard InChI is InChI=1S/C25H38N4O2/c1-19-22-17-21(31-2)9-10-23(22)27-24(19)18-28-12-5-6-15-29-14-4-3-8-20(29)16-25(30)26-11-7-13-28/h9-10,17,20,27H,3-8,11-16,18H2,1-2H3,(H,26,30). The molecule has 31 heavy (non-hydrogen) atoms. The summed E-state index contributed by atoms with van der Waals surface area (Å²) in [5, 5.41) is 4.41. The van der Waals surface area contributed by atoms with Crippen molar-refractivity contribution in [1.82, 2.24) is 20.1 Å². The molecule has 2 aliphatic heterocycles. The molecule has 1 amide bonds. The van der Waals surface area contributed by atoms with E-state index in [0.717, 1.165) is 51.4 Å². The van der Waals surface area contributed by atoms with Crippen LogP contribution in [0.5, 0.6) is 5.75 Å². The number of hydrogen-bond donors (Lipinski definition) is 2. The van der Waals surface area contributed by atoms with E-state index in [9.17, 15) is 4.79 Å². The van der Waals surface area contributed by atoms with Gasteiger partial charge in [0, 0.05) is 48.7 Å². The second-order valence-electron chi connectivity index (χ2n) is 9.22. The number of fused-ring (bicyclic) bond motifs is 2. The molecule has 1 aromatic heterocycles. The van der Waals surface area contributed by atoms with E-state index in [1.165, 1.54) is 54.3 Å². The third-order valence-corrected chi connectivity index (χ3v) is 7.06. The number of benzene rings is 1. The molecule has 1 unspecified atom stereocenters. The SMILES string of the molecule is COc1ccc2[nH]c(CN3CCCCN4CCCCC4CC(=O)NCCC3)c(C)c2c1. The van der Waals surface area contributed by atoms with Crippen LogP contribution in [0.4, 0.5) is 0 Å². The maximum Gasteiger partial charge on any atom is 0.221 e. The van der Waals surface area contributed by atoms with Gasteiger partial charge in [0.15, 0.2) is 0 Å². The Morgan fingerprint density at radius 3 is 2.68 bits per heavy atom. The van der Waals surface area contributed by atoms with Crippen LogP contribution in [0.1, 0.15) is 56.2 Å². The van der Waals surface area contributed by atoms with Crippen LogP contribution in [0, 0.1) is 6.92 Å². The molecule has 170 valence electrons. The number of amides is 1. The predicted molar refractivity (Wildman–Crippen MR) is 126 cm³/mol. The first-order valence-corrected chi connectivity index (χ1v) is 12.0. The zero-order valence-corrected chi connectivity index (χ0v) is 19.2. The minimum Gasteiger partial charge on any atom is -0.497 e. The van der Waals surface area contributed by atoms with Gasteiger partial charge in [-0.2, -0.15) is 0 Å². The van der Waals surface area contributed by atoms with Crippen LogP contribution in [-0.2, 0) is 11.3 Å². The summed E-state index contributed by atoms with van der Waals surface area (Å²) in [5.41, 5.74) is 3.76. The summed E-state index contributed by atoms with van der Waals surface area (Å²) in [7, 11) is 1.72. The van der Waals surface area contributed by atoms with Crippen LogP contribution >= 0.6 is 0 Å². The Morgan fingerprint density at radius 1 is 1.06 bits per heavy atom. The smallest absolute Gasteiger partial charge is 0.221 e. The summed E-state index contributed by atoms with van der Waals surface area (Å²) >= 11 is 0. The third-order valence-electron chi connectivity index (χ3n) is 7.06. The van der Waals surface area contributed by atoms with E-state index in [2.05, 4.69) is 39.2 Å². The number of rotatable bonds is 3. The van der Waals surface area contributed by atoms with Crippen LogP contribution < -0.4 is 10.1 Å². The summed E-state index contributed by atoms with van der Waals surface area (Å²) in [6.45, 7) is 8.27. The van der Waals surface area contributed by atoms with Gasteiger partial charge in [0.2, 0.25) is 5.91 Å². The Bertz CT molecular complexity index is 878. The lowest BCUT2D eigenvalue weighted by molar-refractivity contribution is -0.122. The number of carbonyl (C=O) groups is 1. The molecule has 6 heteroatoms. The molecule has 2 fully saturated rings. The van der Waals surface area contributed by atoms with Gasteiger partial charge in [0.25, 0.3) is 0 Å². The number of aromatic nitrogens is 1. The second-order valence-corrected chi connectivity index (χ2v) is 9.22. The molecule has 0 radical (unpaired) electrons. The number of methoxy groups -OCH3 is 1. The van der Waals surface area contributed by atoms with Gasteiger partial charge in [0.1, 0.15) is 5.75 Å². The lowest BCUT2D eigenvalue weighted by Gasteiger charge is -2.35. The van der Waals surface area contributed by atoms with Gasteiger partial charge in [-0.15, -0.1) is 0 Å². The number of H-pyrrole nitrogens is 1. The zero-order valence-electron chi connectivity index (χ0n) is 19.2. The molecule has 3 heterocycles. The van der Waals surface area contributed by atoms with Crippen molar-refractivity contribution in [2.24, 2.45) is 0 Å². The summed E-state index contributed by atoms with van der Waals surface area (Å²) in [4.78, 5) is 21.2. The average Bonchev–Trinajstić information content (AvgIpc) is 3.09. The van der Waals surface area contributed by atoms with Crippen molar-refractivity contribution in [3.8, 4) is 5.75 Å². The van der Waals surface area contributed by atoms with Gasteiger partial charge in [0.05, 0.1) is 7.11 Å². The van der Waals surface area contributed by atoms with Gasteiger partial charge < -0.3 is 15.0 Å². The molecule has 0 bridgehead atoms. The predicted octanol–water partition coefficient (Wildman–Crippen LogP) is 3.83. The Labute approximate surface area is 186 Å². The highest BCUT2D eigenvalue weighted by Gasteiger charge is 2.24. The maximum atomic E-state index is 12.4. The van der Waals surface area contributed by atoms with Crippen LogP contribution in [0.25, 0.3) is 10.9 Å². The molecule has 2 saturated heterocycles. The molecule has 2 aliphatic rings. The van der Waals surface area contributed by atoms with E-state index >= 15 is 0 Å². The van der Waals surface area contributed by atoms with Crippen molar-refractivity contribution in [2.75, 3.05) is 39.8 Å². The first-order valence-electron chi connectivity index (χ1n) is 12.0. The number of aryl methyl sites for hydroxylation is 1. The highest BCUT2D eigenvalue weighted by Crippen LogP contribution is 2.27. The number of carbonyl (C=O) groups excluding carboxylic acids is 1. The number of piperidine rings is 1. The second kappa shape index (κ2) is 10.5. The van der Waals surface area contributed by atoms with Gasteiger partial charge in [-0.3, -0.25) is 14.6 Å². The normalized spacial score (nSPS) is 22.8. The summed E-state index contributed by atoms with van der Waals surface area (Å²) in [6, 6.07) is 6.68. The molecule has 4 rings (SSSR count). The summed E-state index contributed by atoms with van der Waals surface area (Å²) in [6.07, 6.45) is 7.78. The highest BCUT2D eigenvalue weighted by atomic mass is 16.5.